The predicted octanol–water partition coefficient (Wildman–Crippen LogP) is 0.468. The molecule has 26 heavy (non-hydrogen) atoms. The molecule has 3 heterocycles. The van der Waals surface area contributed by atoms with Gasteiger partial charge in [-0.25, -0.2) is 8.42 Å². The van der Waals surface area contributed by atoms with E-state index < -0.39 is 10.0 Å². The number of rotatable bonds is 2. The summed E-state index contributed by atoms with van der Waals surface area (Å²) in [5, 5.41) is 0. The summed E-state index contributed by atoms with van der Waals surface area (Å²) in [7, 11) is -2.01. The Bertz CT molecular complexity index is 811. The van der Waals surface area contributed by atoms with Gasteiger partial charge in [0, 0.05) is 32.6 Å². The van der Waals surface area contributed by atoms with Crippen molar-refractivity contribution in [3.63, 3.8) is 0 Å². The Hall–Kier alpha value is -1.84. The summed E-state index contributed by atoms with van der Waals surface area (Å²) < 4.78 is 44.5. The second-order valence-corrected chi connectivity index (χ2v) is 8.65. The number of carbonyl (C=O) groups excluding carboxylic acids is 1. The molecule has 4 rings (SSSR count). The number of benzene rings is 1. The maximum atomic E-state index is 13.1. The first-order valence-corrected chi connectivity index (χ1v) is 10.2. The minimum atomic E-state index is -3.72. The quantitative estimate of drug-likeness (QED) is 0.739. The molecule has 3 aliphatic heterocycles. The number of hydrogen-bond acceptors (Lipinski definition) is 6. The molecule has 2 atom stereocenters. The fourth-order valence-electron chi connectivity index (χ4n) is 3.57. The lowest BCUT2D eigenvalue weighted by atomic mass is 10.2. The van der Waals surface area contributed by atoms with Gasteiger partial charge < -0.3 is 19.1 Å². The standard InChI is InChI=1S/C17H22N2O6S/c1-18-13-10-19(11-16(13)25-8-5-17(18)20)26(21,22)12-3-4-14-15(9-12)24-7-2-6-23-14/h3-4,9,13,16H,2,5-8,10-11H2,1H3/t13-,16-/m0/s1. The lowest BCUT2D eigenvalue weighted by Crippen LogP contribution is -2.43. The van der Waals surface area contributed by atoms with E-state index in [2.05, 4.69) is 0 Å². The molecule has 2 saturated heterocycles. The summed E-state index contributed by atoms with van der Waals surface area (Å²) in [6.07, 6.45) is 0.782. The first-order chi connectivity index (χ1) is 12.5. The van der Waals surface area contributed by atoms with Crippen LogP contribution in [0.4, 0.5) is 0 Å². The Balaban J connectivity index is 1.60. The first kappa shape index (κ1) is 17.6. The number of ether oxygens (including phenoxy) is 3. The third kappa shape index (κ3) is 3.04. The highest BCUT2D eigenvalue weighted by Crippen LogP contribution is 2.34. The van der Waals surface area contributed by atoms with Gasteiger partial charge >= 0.3 is 0 Å². The fraction of sp³-hybridized carbons (Fsp3) is 0.588. The zero-order chi connectivity index (χ0) is 18.3. The predicted molar refractivity (Wildman–Crippen MR) is 91.7 cm³/mol. The smallest absolute Gasteiger partial charge is 0.243 e. The van der Waals surface area contributed by atoms with Crippen LogP contribution in [0.15, 0.2) is 23.1 Å². The SMILES string of the molecule is CN1C(=O)CCO[C@H]2CN(S(=O)(=O)c3ccc4c(c3)OCCCO4)C[C@@H]21. The van der Waals surface area contributed by atoms with Gasteiger partial charge in [-0.2, -0.15) is 4.31 Å². The summed E-state index contributed by atoms with van der Waals surface area (Å²) in [5.74, 6) is 0.981. The van der Waals surface area contributed by atoms with Gasteiger partial charge in [0.2, 0.25) is 15.9 Å². The molecule has 142 valence electrons. The third-order valence-electron chi connectivity index (χ3n) is 5.10. The van der Waals surface area contributed by atoms with Crippen LogP contribution in [-0.4, -0.2) is 75.6 Å². The van der Waals surface area contributed by atoms with Crippen LogP contribution in [0.1, 0.15) is 12.8 Å². The van der Waals surface area contributed by atoms with E-state index in [1.54, 1.807) is 18.0 Å². The van der Waals surface area contributed by atoms with Gasteiger partial charge in [0.05, 0.1) is 43.3 Å². The molecule has 1 amide bonds. The molecule has 2 fully saturated rings. The average molecular weight is 382 g/mol. The van der Waals surface area contributed by atoms with E-state index in [1.807, 2.05) is 0 Å². The van der Waals surface area contributed by atoms with Crippen molar-refractivity contribution in [2.75, 3.05) is 40.0 Å². The van der Waals surface area contributed by atoms with E-state index in [-0.39, 0.29) is 36.0 Å². The van der Waals surface area contributed by atoms with Crippen LogP contribution in [0.3, 0.4) is 0 Å². The lowest BCUT2D eigenvalue weighted by molar-refractivity contribution is -0.130. The van der Waals surface area contributed by atoms with Crippen molar-refractivity contribution in [3.05, 3.63) is 18.2 Å². The molecule has 0 radical (unpaired) electrons. The molecule has 1 aromatic rings. The first-order valence-electron chi connectivity index (χ1n) is 8.74. The average Bonchev–Trinajstić information content (AvgIpc) is 2.84. The molecule has 0 spiro atoms. The summed E-state index contributed by atoms with van der Waals surface area (Å²) in [5.41, 5.74) is 0. The lowest BCUT2D eigenvalue weighted by Gasteiger charge is -2.25. The Morgan fingerprint density at radius 1 is 1.08 bits per heavy atom. The zero-order valence-electron chi connectivity index (χ0n) is 14.6. The van der Waals surface area contributed by atoms with E-state index in [4.69, 9.17) is 14.2 Å². The molecule has 0 bridgehead atoms. The van der Waals surface area contributed by atoms with E-state index in [0.717, 1.165) is 6.42 Å². The maximum Gasteiger partial charge on any atom is 0.243 e. The minimum Gasteiger partial charge on any atom is -0.490 e. The van der Waals surface area contributed by atoms with E-state index in [1.165, 1.54) is 16.4 Å². The Morgan fingerprint density at radius 3 is 2.65 bits per heavy atom. The number of carbonyl (C=O) groups is 1. The van der Waals surface area contributed by atoms with Gasteiger partial charge in [-0.05, 0) is 12.1 Å². The highest BCUT2D eigenvalue weighted by atomic mass is 32.2. The molecular formula is C17H22N2O6S. The van der Waals surface area contributed by atoms with Crippen molar-refractivity contribution >= 4 is 15.9 Å². The topological polar surface area (TPSA) is 85.4 Å². The number of amides is 1. The largest absolute Gasteiger partial charge is 0.490 e. The minimum absolute atomic E-state index is 0.0210. The van der Waals surface area contributed by atoms with E-state index in [9.17, 15) is 13.2 Å². The molecule has 0 aliphatic carbocycles. The van der Waals surface area contributed by atoms with Crippen LogP contribution in [0.2, 0.25) is 0 Å². The van der Waals surface area contributed by atoms with Crippen LogP contribution in [0.5, 0.6) is 11.5 Å². The Kier molecular flexibility index (Phi) is 4.54. The number of sulfonamides is 1. The van der Waals surface area contributed by atoms with Gasteiger partial charge in [0.1, 0.15) is 0 Å². The van der Waals surface area contributed by atoms with Crippen molar-refractivity contribution in [1.29, 1.82) is 0 Å². The van der Waals surface area contributed by atoms with Gasteiger partial charge in [0.15, 0.2) is 11.5 Å². The zero-order valence-corrected chi connectivity index (χ0v) is 15.4. The molecule has 0 N–H and O–H groups in total. The van der Waals surface area contributed by atoms with Crippen LogP contribution in [0, 0.1) is 0 Å². The highest BCUT2D eigenvalue weighted by molar-refractivity contribution is 7.89. The summed E-state index contributed by atoms with van der Waals surface area (Å²) in [6, 6.07) is 4.42. The van der Waals surface area contributed by atoms with Gasteiger partial charge in [-0.15, -0.1) is 0 Å². The van der Waals surface area contributed by atoms with Crippen molar-refractivity contribution in [2.45, 2.75) is 29.9 Å². The number of fused-ring (bicyclic) bond motifs is 2. The summed E-state index contributed by atoms with van der Waals surface area (Å²) in [4.78, 5) is 13.8. The van der Waals surface area contributed by atoms with Gasteiger partial charge in [0.25, 0.3) is 0 Å². The van der Waals surface area contributed by atoms with Gasteiger partial charge in [-0.1, -0.05) is 0 Å². The van der Waals surface area contributed by atoms with E-state index >= 15 is 0 Å². The monoisotopic (exact) mass is 382 g/mol. The number of nitrogens with zero attached hydrogens (tertiary/aromatic N) is 2. The van der Waals surface area contributed by atoms with Crippen molar-refractivity contribution in [3.8, 4) is 11.5 Å². The van der Waals surface area contributed by atoms with Crippen molar-refractivity contribution < 1.29 is 27.4 Å². The molecule has 8 nitrogen and oxygen atoms in total. The molecule has 0 unspecified atom stereocenters. The normalized spacial score (nSPS) is 27.0. The van der Waals surface area contributed by atoms with Crippen LogP contribution >= 0.6 is 0 Å². The molecule has 9 heteroatoms. The fourth-order valence-corrected chi connectivity index (χ4v) is 5.05. The van der Waals surface area contributed by atoms with Crippen molar-refractivity contribution in [2.24, 2.45) is 0 Å². The molecule has 1 aromatic carbocycles. The van der Waals surface area contributed by atoms with Gasteiger partial charge in [-0.3, -0.25) is 4.79 Å². The van der Waals surface area contributed by atoms with Crippen LogP contribution in [-0.2, 0) is 19.6 Å². The second kappa shape index (κ2) is 6.71. The van der Waals surface area contributed by atoms with E-state index in [0.29, 0.717) is 37.7 Å². The Morgan fingerprint density at radius 2 is 1.85 bits per heavy atom. The molecule has 0 saturated carbocycles. The highest BCUT2D eigenvalue weighted by Gasteiger charge is 2.44. The Labute approximate surface area is 152 Å². The van der Waals surface area contributed by atoms with Crippen LogP contribution in [0.25, 0.3) is 0 Å². The van der Waals surface area contributed by atoms with Crippen molar-refractivity contribution in [1.82, 2.24) is 9.21 Å². The van der Waals surface area contributed by atoms with Crippen LogP contribution < -0.4 is 9.47 Å². The summed E-state index contributed by atoms with van der Waals surface area (Å²) in [6.45, 7) is 1.82. The second-order valence-electron chi connectivity index (χ2n) is 6.71. The molecular weight excluding hydrogens is 360 g/mol. The summed E-state index contributed by atoms with van der Waals surface area (Å²) >= 11 is 0. The number of hydrogen-bond donors (Lipinski definition) is 0. The maximum absolute atomic E-state index is 13.1. The third-order valence-corrected chi connectivity index (χ3v) is 6.93. The molecule has 3 aliphatic rings. The molecule has 0 aromatic heterocycles. The number of likely N-dealkylation sites (N-methyl/N-ethyl adjacent to an activating group) is 1.